The van der Waals surface area contributed by atoms with Crippen LogP contribution in [0.15, 0.2) is 300 Å². The Bertz CT molecular complexity index is 4690. The van der Waals surface area contributed by atoms with Crippen LogP contribution in [-0.2, 0) is 10.8 Å². The summed E-state index contributed by atoms with van der Waals surface area (Å²) >= 11 is 0. The maximum absolute atomic E-state index is 6.16. The smallest absolute Gasteiger partial charge is 0.227 e. The molecule has 1 aliphatic carbocycles. The maximum Gasteiger partial charge on any atom is 0.227 e. The van der Waals surface area contributed by atoms with Crippen LogP contribution in [0.3, 0.4) is 0 Å². The van der Waals surface area contributed by atoms with Gasteiger partial charge in [-0.2, -0.15) is 0 Å². The van der Waals surface area contributed by atoms with Gasteiger partial charge in [-0.15, -0.1) is 0 Å². The second-order valence-electron chi connectivity index (χ2n) is 22.5. The fourth-order valence-electron chi connectivity index (χ4n) is 13.3. The maximum atomic E-state index is 6.16. The Kier molecular flexibility index (Phi) is 11.3. The number of para-hydroxylation sites is 6. The van der Waals surface area contributed by atoms with E-state index >= 15 is 0 Å². The lowest BCUT2D eigenvalue weighted by atomic mass is 9.67. The van der Waals surface area contributed by atoms with Crippen LogP contribution in [0.1, 0.15) is 47.2 Å². The fraction of sp³-hybridized carbons (Fsp3) is 0.0513. The Balaban J connectivity index is 0.810. The molecule has 14 aromatic rings. The molecule has 3 heterocycles. The van der Waals surface area contributed by atoms with Crippen LogP contribution in [0.2, 0.25) is 0 Å². The Morgan fingerprint density at radius 3 is 1.37 bits per heavy atom. The molecule has 0 unspecified atom stereocenters. The van der Waals surface area contributed by atoms with E-state index in [2.05, 4.69) is 266 Å². The molecule has 12 aromatic carbocycles. The predicted molar refractivity (Wildman–Crippen MR) is 342 cm³/mol. The Labute approximate surface area is 487 Å². The van der Waals surface area contributed by atoms with Gasteiger partial charge in [0.05, 0.1) is 16.8 Å². The first kappa shape index (κ1) is 49.0. The van der Waals surface area contributed by atoms with Crippen molar-refractivity contribution in [3.63, 3.8) is 0 Å². The molecule has 1 aliphatic heterocycles. The van der Waals surface area contributed by atoms with Crippen molar-refractivity contribution in [3.8, 4) is 56.3 Å². The molecule has 0 saturated heterocycles. The van der Waals surface area contributed by atoms with E-state index in [-0.39, 0.29) is 5.41 Å². The number of hydrogen-bond acceptors (Lipinski definition) is 6. The highest BCUT2D eigenvalue weighted by atomic mass is 16.4. The van der Waals surface area contributed by atoms with Gasteiger partial charge in [-0.1, -0.05) is 190 Å². The van der Waals surface area contributed by atoms with Crippen molar-refractivity contribution in [1.82, 2.24) is 9.97 Å². The average Bonchev–Trinajstić information content (AvgIpc) is 1.50. The monoisotopic (exact) mass is 1080 g/mol. The third-order valence-electron chi connectivity index (χ3n) is 17.4. The largest absolute Gasteiger partial charge is 0.436 e. The standard InChI is InChI=1S/C78H54N4O2/c1-77(2)65-24-12-15-27-71(65)82(72-47-40-56(48-68(72)77)53-32-36-55(37-33-53)76-80-70-26-14-17-29-74(70)84-76)62-44-46-64-63-45-43-61(49-66(63)78(67(64)50-62,57-18-6-3-7-19-57)58-20-8-4-9-21-58)81(59-22-10-5-11-23-59)60-41-38-52(39-42-60)51-30-34-54(35-31-51)75-79-69-25-13-16-28-73(69)83-75/h3-50H,1-2H3. The number of anilines is 6. The molecule has 0 N–H and O–H groups in total. The predicted octanol–water partition coefficient (Wildman–Crippen LogP) is 20.6. The van der Waals surface area contributed by atoms with Crippen LogP contribution in [0, 0.1) is 0 Å². The van der Waals surface area contributed by atoms with Crippen molar-refractivity contribution >= 4 is 56.3 Å². The Morgan fingerprint density at radius 1 is 0.333 bits per heavy atom. The molecule has 16 rings (SSSR count). The lowest BCUT2D eigenvalue weighted by molar-refractivity contribution is 0.619. The fourth-order valence-corrected chi connectivity index (χ4v) is 13.3. The SMILES string of the molecule is CC1(C)c2ccccc2N(c2ccc3c(c2)C(c2ccccc2)(c2ccccc2)c2cc(N(c4ccccc4)c4ccc(-c5ccc(-c6nc7ccccc7o6)cc5)cc4)ccc2-3)c2ccc(-c3ccc(-c4nc5ccccc5o4)cc3)cc21. The summed E-state index contributed by atoms with van der Waals surface area (Å²) in [4.78, 5) is 14.4. The van der Waals surface area contributed by atoms with Crippen LogP contribution in [0.5, 0.6) is 0 Å². The molecular formula is C78H54N4O2. The molecule has 6 nitrogen and oxygen atoms in total. The highest BCUT2D eigenvalue weighted by Gasteiger charge is 2.47. The highest BCUT2D eigenvalue weighted by molar-refractivity contribution is 5.94. The van der Waals surface area contributed by atoms with Crippen molar-refractivity contribution < 1.29 is 8.83 Å². The Morgan fingerprint density at radius 2 is 0.774 bits per heavy atom. The molecule has 0 spiro atoms. The number of fused-ring (bicyclic) bond motifs is 7. The first-order valence-electron chi connectivity index (χ1n) is 28.7. The van der Waals surface area contributed by atoms with E-state index in [0.29, 0.717) is 11.8 Å². The van der Waals surface area contributed by atoms with E-state index < -0.39 is 5.41 Å². The lowest BCUT2D eigenvalue weighted by Gasteiger charge is -2.42. The molecule has 0 bridgehead atoms. The molecule has 0 fully saturated rings. The minimum atomic E-state index is -0.694. The quantitative estimate of drug-likeness (QED) is 0.136. The molecule has 0 amide bonds. The third-order valence-corrected chi connectivity index (χ3v) is 17.4. The molecule has 0 saturated carbocycles. The van der Waals surface area contributed by atoms with Crippen LogP contribution >= 0.6 is 0 Å². The summed E-state index contributed by atoms with van der Waals surface area (Å²) in [6.45, 7) is 4.73. The lowest BCUT2D eigenvalue weighted by Crippen LogP contribution is -2.31. The van der Waals surface area contributed by atoms with Crippen molar-refractivity contribution in [2.45, 2.75) is 24.7 Å². The summed E-state index contributed by atoms with van der Waals surface area (Å²) in [5, 5.41) is 0. The topological polar surface area (TPSA) is 58.5 Å². The zero-order chi connectivity index (χ0) is 55.9. The van der Waals surface area contributed by atoms with E-state index in [1.807, 2.05) is 48.5 Å². The van der Waals surface area contributed by atoms with Crippen molar-refractivity contribution in [2.75, 3.05) is 9.80 Å². The van der Waals surface area contributed by atoms with Crippen molar-refractivity contribution in [3.05, 3.63) is 325 Å². The summed E-state index contributed by atoms with van der Waals surface area (Å²) in [5.74, 6) is 1.24. The Hall–Kier alpha value is -10.8. The molecule has 0 atom stereocenters. The molecule has 2 aliphatic rings. The molecule has 84 heavy (non-hydrogen) atoms. The minimum Gasteiger partial charge on any atom is -0.436 e. The van der Waals surface area contributed by atoms with Crippen molar-refractivity contribution in [2.24, 2.45) is 0 Å². The third kappa shape index (κ3) is 7.86. The van der Waals surface area contributed by atoms with Gasteiger partial charge in [0.25, 0.3) is 0 Å². The summed E-state index contributed by atoms with van der Waals surface area (Å²) in [6, 6.07) is 105. The van der Waals surface area contributed by atoms with Gasteiger partial charge in [-0.3, -0.25) is 0 Å². The van der Waals surface area contributed by atoms with Gasteiger partial charge in [0.2, 0.25) is 11.8 Å². The van der Waals surface area contributed by atoms with Crippen LogP contribution < -0.4 is 9.80 Å². The van der Waals surface area contributed by atoms with E-state index in [4.69, 9.17) is 18.8 Å². The van der Waals surface area contributed by atoms with Gasteiger partial charge in [0.15, 0.2) is 11.2 Å². The normalized spacial score (nSPS) is 13.5. The molecular weight excluding hydrogens is 1020 g/mol. The number of benzene rings is 12. The van der Waals surface area contributed by atoms with E-state index in [0.717, 1.165) is 84.0 Å². The minimum absolute atomic E-state index is 0.302. The summed E-state index contributed by atoms with van der Waals surface area (Å²) in [5.41, 5.74) is 25.2. The van der Waals surface area contributed by atoms with Crippen molar-refractivity contribution in [1.29, 1.82) is 0 Å². The first-order valence-corrected chi connectivity index (χ1v) is 28.7. The van der Waals surface area contributed by atoms with Gasteiger partial charge in [-0.05, 0) is 182 Å². The van der Waals surface area contributed by atoms with E-state index in [9.17, 15) is 0 Å². The van der Waals surface area contributed by atoms with E-state index in [1.165, 1.54) is 50.2 Å². The second-order valence-corrected chi connectivity index (χ2v) is 22.5. The first-order chi connectivity index (χ1) is 41.4. The zero-order valence-corrected chi connectivity index (χ0v) is 46.3. The van der Waals surface area contributed by atoms with Gasteiger partial charge in [0, 0.05) is 39.3 Å². The summed E-state index contributed by atoms with van der Waals surface area (Å²) in [6.07, 6.45) is 0. The number of aromatic nitrogens is 2. The van der Waals surface area contributed by atoms with Crippen LogP contribution in [0.25, 0.3) is 78.5 Å². The molecule has 2 aromatic heterocycles. The van der Waals surface area contributed by atoms with E-state index in [1.54, 1.807) is 0 Å². The second kappa shape index (κ2) is 19.4. The number of hydrogen-bond donors (Lipinski definition) is 0. The van der Waals surface area contributed by atoms with Crippen LogP contribution in [-0.4, -0.2) is 9.97 Å². The number of nitrogens with zero attached hydrogens (tertiary/aromatic N) is 4. The van der Waals surface area contributed by atoms with Gasteiger partial charge < -0.3 is 18.6 Å². The van der Waals surface area contributed by atoms with Gasteiger partial charge in [0.1, 0.15) is 11.0 Å². The van der Waals surface area contributed by atoms with Gasteiger partial charge in [-0.25, -0.2) is 9.97 Å². The number of oxazole rings is 2. The molecule has 0 radical (unpaired) electrons. The molecule has 398 valence electrons. The van der Waals surface area contributed by atoms with Crippen LogP contribution in [0.4, 0.5) is 34.1 Å². The highest BCUT2D eigenvalue weighted by Crippen LogP contribution is 2.60. The summed E-state index contributed by atoms with van der Waals surface area (Å²) in [7, 11) is 0. The zero-order valence-electron chi connectivity index (χ0n) is 46.3. The average molecular weight is 1080 g/mol. The summed E-state index contributed by atoms with van der Waals surface area (Å²) < 4.78 is 12.3. The van der Waals surface area contributed by atoms with Gasteiger partial charge >= 0.3 is 0 Å². The number of rotatable bonds is 10. The molecule has 6 heteroatoms.